The number of nitrogens with one attached hydrogen (secondary N) is 2. The second kappa shape index (κ2) is 9.27. The van der Waals surface area contributed by atoms with Crippen LogP contribution in [0.25, 0.3) is 0 Å². The Kier molecular flexibility index (Phi) is 6.54. The summed E-state index contributed by atoms with van der Waals surface area (Å²) in [6, 6.07) is 10.4. The van der Waals surface area contributed by atoms with Gasteiger partial charge in [0.25, 0.3) is 11.8 Å². The molecule has 0 aliphatic rings. The smallest absolute Gasteiger partial charge is 0.286 e. The lowest BCUT2D eigenvalue weighted by atomic mass is 10.1. The standard InChI is InChI=1S/C20H22N4O3S/c1-3-6-17-23-24-20(28-17)19(26)22-15-8-4-7-14(12-15)18(25)21-13(2)11-16-9-5-10-27-16/h4-5,7-10,12-13H,3,6,11H2,1-2H3,(H,21,25)(H,22,26). The van der Waals surface area contributed by atoms with Crippen molar-refractivity contribution in [3.05, 3.63) is 64.0 Å². The summed E-state index contributed by atoms with van der Waals surface area (Å²) in [5, 5.41) is 14.8. The number of furan rings is 1. The fourth-order valence-electron chi connectivity index (χ4n) is 2.67. The Balaban J connectivity index is 1.60. The van der Waals surface area contributed by atoms with E-state index in [1.54, 1.807) is 30.5 Å². The highest BCUT2D eigenvalue weighted by Crippen LogP contribution is 2.16. The molecule has 1 atom stereocenters. The van der Waals surface area contributed by atoms with Crippen LogP contribution in [0.5, 0.6) is 0 Å². The lowest BCUT2D eigenvalue weighted by Gasteiger charge is -2.13. The summed E-state index contributed by atoms with van der Waals surface area (Å²) < 4.78 is 5.30. The zero-order chi connectivity index (χ0) is 19.9. The first-order chi connectivity index (χ1) is 13.5. The van der Waals surface area contributed by atoms with Gasteiger partial charge < -0.3 is 15.1 Å². The Morgan fingerprint density at radius 3 is 2.79 bits per heavy atom. The van der Waals surface area contributed by atoms with E-state index >= 15 is 0 Å². The van der Waals surface area contributed by atoms with E-state index in [4.69, 9.17) is 4.42 Å². The molecule has 0 saturated heterocycles. The first-order valence-electron chi connectivity index (χ1n) is 9.12. The summed E-state index contributed by atoms with van der Waals surface area (Å²) in [5.74, 6) is 0.271. The maximum Gasteiger partial charge on any atom is 0.286 e. The number of amides is 2. The van der Waals surface area contributed by atoms with Crippen molar-refractivity contribution < 1.29 is 14.0 Å². The average Bonchev–Trinajstić information content (AvgIpc) is 3.34. The molecule has 146 valence electrons. The van der Waals surface area contributed by atoms with Crippen molar-refractivity contribution in [1.82, 2.24) is 15.5 Å². The van der Waals surface area contributed by atoms with Gasteiger partial charge in [-0.05, 0) is 43.7 Å². The summed E-state index contributed by atoms with van der Waals surface area (Å²) >= 11 is 1.28. The van der Waals surface area contributed by atoms with Crippen molar-refractivity contribution in [2.24, 2.45) is 0 Å². The summed E-state index contributed by atoms with van der Waals surface area (Å²) in [6.07, 6.45) is 3.97. The van der Waals surface area contributed by atoms with Crippen LogP contribution >= 0.6 is 11.3 Å². The predicted octanol–water partition coefficient (Wildman–Crippen LogP) is 3.70. The first-order valence-corrected chi connectivity index (χ1v) is 9.94. The van der Waals surface area contributed by atoms with Gasteiger partial charge in [-0.1, -0.05) is 24.3 Å². The molecule has 0 aliphatic carbocycles. The lowest BCUT2D eigenvalue weighted by molar-refractivity contribution is 0.0938. The highest BCUT2D eigenvalue weighted by Gasteiger charge is 2.15. The van der Waals surface area contributed by atoms with E-state index in [1.807, 2.05) is 26.0 Å². The SMILES string of the molecule is CCCc1nnc(C(=O)Nc2cccc(C(=O)NC(C)Cc3ccco3)c2)s1. The molecule has 28 heavy (non-hydrogen) atoms. The molecule has 3 aromatic rings. The highest BCUT2D eigenvalue weighted by molar-refractivity contribution is 7.13. The Morgan fingerprint density at radius 2 is 2.04 bits per heavy atom. The van der Waals surface area contributed by atoms with Gasteiger partial charge in [0.1, 0.15) is 10.8 Å². The molecule has 7 nitrogen and oxygen atoms in total. The highest BCUT2D eigenvalue weighted by atomic mass is 32.1. The van der Waals surface area contributed by atoms with Crippen LogP contribution in [0.3, 0.4) is 0 Å². The number of aryl methyl sites for hydroxylation is 1. The molecular formula is C20H22N4O3S. The number of hydrogen-bond donors (Lipinski definition) is 2. The number of benzene rings is 1. The zero-order valence-electron chi connectivity index (χ0n) is 15.8. The number of nitrogens with zero attached hydrogens (tertiary/aromatic N) is 2. The molecule has 2 aromatic heterocycles. The van der Waals surface area contributed by atoms with Gasteiger partial charge in [-0.15, -0.1) is 10.2 Å². The van der Waals surface area contributed by atoms with Crippen molar-refractivity contribution in [2.75, 3.05) is 5.32 Å². The van der Waals surface area contributed by atoms with Crippen LogP contribution in [0.15, 0.2) is 47.1 Å². The van der Waals surface area contributed by atoms with Gasteiger partial charge in [-0.3, -0.25) is 9.59 Å². The van der Waals surface area contributed by atoms with E-state index in [9.17, 15) is 9.59 Å². The van der Waals surface area contributed by atoms with Crippen LogP contribution in [0.4, 0.5) is 5.69 Å². The van der Waals surface area contributed by atoms with E-state index in [0.717, 1.165) is 23.6 Å². The predicted molar refractivity (Wildman–Crippen MR) is 108 cm³/mol. The monoisotopic (exact) mass is 398 g/mol. The summed E-state index contributed by atoms with van der Waals surface area (Å²) in [5.41, 5.74) is 0.997. The number of hydrogen-bond acceptors (Lipinski definition) is 6. The van der Waals surface area contributed by atoms with Gasteiger partial charge in [-0.25, -0.2) is 0 Å². The molecule has 0 fully saturated rings. The molecule has 2 N–H and O–H groups in total. The second-order valence-corrected chi connectivity index (χ2v) is 7.51. The minimum Gasteiger partial charge on any atom is -0.469 e. The van der Waals surface area contributed by atoms with Gasteiger partial charge in [0.05, 0.1) is 6.26 Å². The van der Waals surface area contributed by atoms with Crippen LogP contribution in [0.1, 0.15) is 51.2 Å². The second-order valence-electron chi connectivity index (χ2n) is 6.44. The fourth-order valence-corrected chi connectivity index (χ4v) is 3.51. The van der Waals surface area contributed by atoms with Gasteiger partial charge in [-0.2, -0.15) is 0 Å². The van der Waals surface area contributed by atoms with Gasteiger partial charge in [0, 0.05) is 30.1 Å². The molecule has 0 bridgehead atoms. The molecule has 0 aliphatic heterocycles. The molecule has 3 rings (SSSR count). The third kappa shape index (κ3) is 5.26. The normalized spacial score (nSPS) is 11.8. The van der Waals surface area contributed by atoms with Gasteiger partial charge in [0.15, 0.2) is 0 Å². The molecule has 0 spiro atoms. The van der Waals surface area contributed by atoms with Gasteiger partial charge >= 0.3 is 0 Å². The van der Waals surface area contributed by atoms with Gasteiger partial charge in [0.2, 0.25) is 5.01 Å². The van der Waals surface area contributed by atoms with Crippen LogP contribution in [-0.2, 0) is 12.8 Å². The average molecular weight is 398 g/mol. The van der Waals surface area contributed by atoms with Crippen molar-refractivity contribution in [3.8, 4) is 0 Å². The number of carbonyl (C=O) groups excluding carboxylic acids is 2. The van der Waals surface area contributed by atoms with Crippen LogP contribution < -0.4 is 10.6 Å². The first kappa shape index (κ1) is 19.8. The zero-order valence-corrected chi connectivity index (χ0v) is 16.6. The van der Waals surface area contributed by atoms with Crippen molar-refractivity contribution in [1.29, 1.82) is 0 Å². The Hall–Kier alpha value is -3.00. The summed E-state index contributed by atoms with van der Waals surface area (Å²) in [7, 11) is 0. The van der Waals surface area contributed by atoms with E-state index in [1.165, 1.54) is 11.3 Å². The van der Waals surface area contributed by atoms with Crippen molar-refractivity contribution in [2.45, 2.75) is 39.2 Å². The minimum absolute atomic E-state index is 0.0877. The molecule has 0 saturated carbocycles. The summed E-state index contributed by atoms with van der Waals surface area (Å²) in [4.78, 5) is 24.8. The molecule has 2 amide bonds. The molecule has 8 heteroatoms. The van der Waals surface area contributed by atoms with Crippen molar-refractivity contribution in [3.63, 3.8) is 0 Å². The number of carbonyl (C=O) groups is 2. The lowest BCUT2D eigenvalue weighted by Crippen LogP contribution is -2.34. The fraction of sp³-hybridized carbons (Fsp3) is 0.300. The van der Waals surface area contributed by atoms with Crippen LogP contribution in [0, 0.1) is 0 Å². The number of anilines is 1. The minimum atomic E-state index is -0.330. The molecule has 1 aromatic carbocycles. The largest absolute Gasteiger partial charge is 0.469 e. The van der Waals surface area contributed by atoms with E-state index < -0.39 is 0 Å². The van der Waals surface area contributed by atoms with E-state index in [-0.39, 0.29) is 17.9 Å². The topological polar surface area (TPSA) is 97.1 Å². The summed E-state index contributed by atoms with van der Waals surface area (Å²) in [6.45, 7) is 3.96. The molecular weight excluding hydrogens is 376 g/mol. The Bertz CT molecular complexity index is 937. The van der Waals surface area contributed by atoms with Crippen LogP contribution in [-0.4, -0.2) is 28.1 Å². The third-order valence-electron chi connectivity index (χ3n) is 3.97. The maximum atomic E-state index is 12.5. The third-order valence-corrected chi connectivity index (χ3v) is 4.95. The quantitative estimate of drug-likeness (QED) is 0.603. The molecule has 1 unspecified atom stereocenters. The Morgan fingerprint density at radius 1 is 1.18 bits per heavy atom. The number of rotatable bonds is 8. The maximum absolute atomic E-state index is 12.5. The Labute approximate surface area is 167 Å². The van der Waals surface area contributed by atoms with E-state index in [0.29, 0.717) is 22.7 Å². The van der Waals surface area contributed by atoms with Crippen molar-refractivity contribution >= 4 is 28.8 Å². The molecule has 2 heterocycles. The van der Waals surface area contributed by atoms with E-state index in [2.05, 4.69) is 20.8 Å². The van der Waals surface area contributed by atoms with Crippen LogP contribution in [0.2, 0.25) is 0 Å². The number of aromatic nitrogens is 2. The molecule has 0 radical (unpaired) electrons.